The molecule has 1 aliphatic rings. The van der Waals surface area contributed by atoms with Gasteiger partial charge in [-0.1, -0.05) is 41.4 Å². The van der Waals surface area contributed by atoms with E-state index in [9.17, 15) is 0 Å². The normalized spacial score (nSPS) is 16.0. The largest absolute Gasteiger partial charge is 0.366 e. The van der Waals surface area contributed by atoms with Gasteiger partial charge < -0.3 is 4.90 Å². The first-order valence-corrected chi connectivity index (χ1v) is 11.7. The first kappa shape index (κ1) is 22.0. The van der Waals surface area contributed by atoms with E-state index in [1.165, 1.54) is 0 Å². The third-order valence-electron chi connectivity index (χ3n) is 6.05. The molecule has 0 saturated carbocycles. The number of piperazine rings is 1. The number of aromatic nitrogens is 6. The number of tetrazole rings is 1. The van der Waals surface area contributed by atoms with Crippen molar-refractivity contribution in [3.63, 3.8) is 0 Å². The zero-order valence-corrected chi connectivity index (χ0v) is 19.9. The van der Waals surface area contributed by atoms with E-state index >= 15 is 0 Å². The molecule has 5 rings (SSSR count). The van der Waals surface area contributed by atoms with Gasteiger partial charge in [0, 0.05) is 50.2 Å². The van der Waals surface area contributed by atoms with Gasteiger partial charge in [0.05, 0.1) is 33.3 Å². The fourth-order valence-corrected chi connectivity index (χ4v) is 5.12. The Kier molecular flexibility index (Phi) is 6.14. The summed E-state index contributed by atoms with van der Waals surface area (Å²) in [6.07, 6.45) is 5.14. The average molecular weight is 483 g/mol. The first-order chi connectivity index (χ1) is 16.0. The summed E-state index contributed by atoms with van der Waals surface area (Å²) in [4.78, 5) is 13.3. The maximum Gasteiger partial charge on any atom is 0.173 e. The molecule has 4 aromatic rings. The molecule has 0 aliphatic carbocycles. The monoisotopic (exact) mass is 482 g/mol. The number of fused-ring (bicyclic) bond motifs is 1. The van der Waals surface area contributed by atoms with Crippen LogP contribution in [0.1, 0.15) is 37.3 Å². The minimum Gasteiger partial charge on any atom is -0.366 e. The second-order valence-corrected chi connectivity index (χ2v) is 9.18. The van der Waals surface area contributed by atoms with E-state index in [4.69, 9.17) is 23.2 Å². The Morgan fingerprint density at radius 2 is 1.67 bits per heavy atom. The average Bonchev–Trinajstić information content (AvgIpc) is 3.30. The Hall–Kier alpha value is -2.81. The Labute approximate surface area is 202 Å². The summed E-state index contributed by atoms with van der Waals surface area (Å²) in [6, 6.07) is 10.3. The Bertz CT molecular complexity index is 1240. The molecule has 4 heterocycles. The van der Waals surface area contributed by atoms with Gasteiger partial charge in [-0.2, -0.15) is 0 Å². The lowest BCUT2D eigenvalue weighted by Crippen LogP contribution is -2.48. The van der Waals surface area contributed by atoms with Crippen molar-refractivity contribution in [3.8, 4) is 0 Å². The Balaban J connectivity index is 1.53. The number of para-hydroxylation sites is 1. The van der Waals surface area contributed by atoms with Crippen molar-refractivity contribution in [2.24, 2.45) is 0 Å². The molecule has 1 aliphatic heterocycles. The van der Waals surface area contributed by atoms with Crippen molar-refractivity contribution in [3.05, 3.63) is 70.4 Å². The molecule has 1 saturated heterocycles. The molecule has 0 amide bonds. The predicted molar refractivity (Wildman–Crippen MR) is 130 cm³/mol. The van der Waals surface area contributed by atoms with Gasteiger partial charge in [-0.25, -0.2) is 4.68 Å². The third kappa shape index (κ3) is 4.14. The van der Waals surface area contributed by atoms with Crippen LogP contribution in [0.15, 0.2) is 48.9 Å². The maximum absolute atomic E-state index is 6.42. The number of hydrogen-bond donors (Lipinski definition) is 0. The molecule has 8 nitrogen and oxygen atoms in total. The molecule has 33 heavy (non-hydrogen) atoms. The van der Waals surface area contributed by atoms with Crippen LogP contribution in [-0.4, -0.2) is 61.3 Å². The summed E-state index contributed by atoms with van der Waals surface area (Å²) in [7, 11) is 0. The van der Waals surface area contributed by atoms with E-state index in [0.29, 0.717) is 10.0 Å². The number of anilines is 1. The van der Waals surface area contributed by atoms with E-state index in [1.54, 1.807) is 12.4 Å². The molecular formula is C23H24Cl2N8. The molecule has 10 heteroatoms. The van der Waals surface area contributed by atoms with Crippen LogP contribution in [-0.2, 0) is 0 Å². The highest BCUT2D eigenvalue weighted by Gasteiger charge is 2.33. The van der Waals surface area contributed by atoms with Gasteiger partial charge in [-0.05, 0) is 42.0 Å². The lowest BCUT2D eigenvalue weighted by atomic mass is 9.99. The predicted octanol–water partition coefficient (Wildman–Crippen LogP) is 4.42. The van der Waals surface area contributed by atoms with Crippen LogP contribution in [0.3, 0.4) is 0 Å². The summed E-state index contributed by atoms with van der Waals surface area (Å²) < 4.78 is 1.91. The van der Waals surface area contributed by atoms with Crippen LogP contribution in [0.25, 0.3) is 10.9 Å². The highest BCUT2D eigenvalue weighted by atomic mass is 35.5. The van der Waals surface area contributed by atoms with Crippen molar-refractivity contribution < 1.29 is 0 Å². The quantitative estimate of drug-likeness (QED) is 0.416. The molecule has 1 atom stereocenters. The lowest BCUT2D eigenvalue weighted by molar-refractivity contribution is 0.200. The third-order valence-corrected chi connectivity index (χ3v) is 6.61. The molecule has 1 aromatic carbocycles. The number of benzene rings is 1. The molecular weight excluding hydrogens is 459 g/mol. The van der Waals surface area contributed by atoms with E-state index < -0.39 is 0 Å². The molecule has 1 fully saturated rings. The van der Waals surface area contributed by atoms with Crippen LogP contribution in [0, 0.1) is 0 Å². The van der Waals surface area contributed by atoms with E-state index in [0.717, 1.165) is 54.2 Å². The highest BCUT2D eigenvalue weighted by molar-refractivity contribution is 6.38. The minimum atomic E-state index is -0.110. The number of hydrogen-bond acceptors (Lipinski definition) is 7. The molecule has 3 aromatic heterocycles. The zero-order chi connectivity index (χ0) is 22.9. The summed E-state index contributed by atoms with van der Waals surface area (Å²) in [5.74, 6) is 0.828. The molecule has 0 radical (unpaired) electrons. The van der Waals surface area contributed by atoms with E-state index in [1.807, 2.05) is 29.1 Å². The van der Waals surface area contributed by atoms with E-state index in [-0.39, 0.29) is 12.1 Å². The fourth-order valence-electron chi connectivity index (χ4n) is 4.51. The molecule has 1 unspecified atom stereocenters. The summed E-state index contributed by atoms with van der Waals surface area (Å²) in [6.45, 7) is 7.31. The molecule has 0 bridgehead atoms. The second kappa shape index (κ2) is 9.21. The molecule has 0 spiro atoms. The number of pyridine rings is 2. The highest BCUT2D eigenvalue weighted by Crippen LogP contribution is 2.36. The van der Waals surface area contributed by atoms with Crippen LogP contribution in [0.4, 0.5) is 5.69 Å². The fraction of sp³-hybridized carbons (Fsp3) is 0.348. The zero-order valence-electron chi connectivity index (χ0n) is 18.4. The summed E-state index contributed by atoms with van der Waals surface area (Å²) >= 11 is 12.8. The number of halogens is 2. The van der Waals surface area contributed by atoms with Gasteiger partial charge in [-0.3, -0.25) is 14.9 Å². The van der Waals surface area contributed by atoms with Gasteiger partial charge in [0.2, 0.25) is 0 Å². The van der Waals surface area contributed by atoms with Crippen molar-refractivity contribution in [1.29, 1.82) is 0 Å². The lowest BCUT2D eigenvalue weighted by Gasteiger charge is -2.40. The van der Waals surface area contributed by atoms with Crippen molar-refractivity contribution in [2.45, 2.75) is 25.9 Å². The van der Waals surface area contributed by atoms with E-state index in [2.05, 4.69) is 61.3 Å². The first-order valence-electron chi connectivity index (χ1n) is 10.9. The van der Waals surface area contributed by atoms with Gasteiger partial charge in [0.25, 0.3) is 0 Å². The standard InChI is InChI=1S/C23H24Cl2N8/c1-15(2)33-23(28-29-30-33)21(17-7-8-27-20-6-4-3-5-16(17)20)31-9-11-32(12-10-31)22-18(24)13-26-14-19(22)25/h3-8,13-15,21H,9-12H2,1-2H3. The van der Waals surface area contributed by atoms with Crippen LogP contribution in [0.2, 0.25) is 10.0 Å². The van der Waals surface area contributed by atoms with Gasteiger partial charge in [-0.15, -0.1) is 5.10 Å². The maximum atomic E-state index is 6.42. The second-order valence-electron chi connectivity index (χ2n) is 8.37. The Morgan fingerprint density at radius 1 is 0.939 bits per heavy atom. The number of nitrogens with zero attached hydrogens (tertiary/aromatic N) is 8. The number of rotatable bonds is 5. The summed E-state index contributed by atoms with van der Waals surface area (Å²) in [5, 5.41) is 15.0. The van der Waals surface area contributed by atoms with Gasteiger partial charge in [0.15, 0.2) is 5.82 Å². The SMILES string of the molecule is CC(C)n1nnnc1C(c1ccnc2ccccc12)N1CCN(c2c(Cl)cncc2Cl)CC1. The van der Waals surface area contributed by atoms with Crippen LogP contribution < -0.4 is 4.90 Å². The van der Waals surface area contributed by atoms with Crippen molar-refractivity contribution in [1.82, 2.24) is 35.1 Å². The van der Waals surface area contributed by atoms with Gasteiger partial charge in [0.1, 0.15) is 0 Å². The van der Waals surface area contributed by atoms with Gasteiger partial charge >= 0.3 is 0 Å². The van der Waals surface area contributed by atoms with Crippen LogP contribution in [0.5, 0.6) is 0 Å². The molecule has 0 N–H and O–H groups in total. The van der Waals surface area contributed by atoms with Crippen molar-refractivity contribution >= 4 is 39.8 Å². The summed E-state index contributed by atoms with van der Waals surface area (Å²) in [5.41, 5.74) is 2.94. The molecule has 170 valence electrons. The minimum absolute atomic E-state index is 0.110. The van der Waals surface area contributed by atoms with Crippen LogP contribution >= 0.6 is 23.2 Å². The van der Waals surface area contributed by atoms with Crippen molar-refractivity contribution in [2.75, 3.05) is 31.1 Å². The Morgan fingerprint density at radius 3 is 2.39 bits per heavy atom. The smallest absolute Gasteiger partial charge is 0.173 e. The topological polar surface area (TPSA) is 75.9 Å².